The summed E-state index contributed by atoms with van der Waals surface area (Å²) in [5.74, 6) is 1.16. The van der Waals surface area contributed by atoms with E-state index in [1.54, 1.807) is 11.3 Å². The molecule has 0 radical (unpaired) electrons. The van der Waals surface area contributed by atoms with Gasteiger partial charge in [-0.15, -0.1) is 11.3 Å². The van der Waals surface area contributed by atoms with Crippen LogP contribution in [0.4, 0.5) is 5.69 Å². The van der Waals surface area contributed by atoms with Crippen molar-refractivity contribution in [2.24, 2.45) is 5.92 Å². The summed E-state index contributed by atoms with van der Waals surface area (Å²) in [6, 6.07) is 16.6. The molecule has 0 aliphatic carbocycles. The Morgan fingerprint density at radius 1 is 1.08 bits per heavy atom. The Morgan fingerprint density at radius 3 is 2.53 bits per heavy atom. The molecule has 1 N–H and O–H groups in total. The van der Waals surface area contributed by atoms with Crippen molar-refractivity contribution in [2.45, 2.75) is 71.6 Å². The Balaban J connectivity index is 1.35. The van der Waals surface area contributed by atoms with Gasteiger partial charge in [0.15, 0.2) is 0 Å². The molecule has 5 heteroatoms. The summed E-state index contributed by atoms with van der Waals surface area (Å²) in [7, 11) is 0. The van der Waals surface area contributed by atoms with E-state index in [-0.39, 0.29) is 5.91 Å². The van der Waals surface area contributed by atoms with Crippen LogP contribution in [-0.2, 0) is 6.42 Å². The van der Waals surface area contributed by atoms with Gasteiger partial charge in [0, 0.05) is 29.1 Å². The molecule has 36 heavy (non-hydrogen) atoms. The lowest BCUT2D eigenvalue weighted by atomic mass is 9.94. The fourth-order valence-corrected chi connectivity index (χ4v) is 6.15. The molecule has 1 amide bonds. The minimum absolute atomic E-state index is 0.130. The minimum Gasteiger partial charge on any atom is -0.320 e. The lowest BCUT2D eigenvalue weighted by Gasteiger charge is -2.33. The Hall–Kier alpha value is -2.50. The zero-order valence-electron chi connectivity index (χ0n) is 22.1. The number of anilines is 1. The maximum atomic E-state index is 13.1. The standard InChI is InChI=1S/C31H41N3OS/c1-4-7-10-24(6-3)21-34-19-17-26(18-20-34)31-33-29(22-36-31)30(35)32-28-12-9-8-11-27(28)25-15-13-23(5-2)14-16-25/h8-9,11-16,22,24,26H,4-7,10,17-21H2,1-3H3,(H,32,35). The van der Waals surface area contributed by atoms with E-state index >= 15 is 0 Å². The molecule has 1 unspecified atom stereocenters. The summed E-state index contributed by atoms with van der Waals surface area (Å²) in [4.78, 5) is 20.5. The lowest BCUT2D eigenvalue weighted by molar-refractivity contribution is 0.102. The summed E-state index contributed by atoms with van der Waals surface area (Å²) < 4.78 is 0. The van der Waals surface area contributed by atoms with E-state index < -0.39 is 0 Å². The second kappa shape index (κ2) is 13.2. The molecule has 0 saturated carbocycles. The number of para-hydroxylation sites is 1. The first-order valence-electron chi connectivity index (χ1n) is 13.8. The molecule has 1 aliphatic rings. The minimum atomic E-state index is -0.130. The maximum absolute atomic E-state index is 13.1. The van der Waals surface area contributed by atoms with Crippen LogP contribution in [-0.4, -0.2) is 35.4 Å². The number of piperidine rings is 1. The molecule has 1 atom stereocenters. The molecule has 0 spiro atoms. The molecule has 0 bridgehead atoms. The first-order chi connectivity index (χ1) is 17.6. The third-order valence-electron chi connectivity index (χ3n) is 7.60. The van der Waals surface area contributed by atoms with Gasteiger partial charge in [0.25, 0.3) is 5.91 Å². The van der Waals surface area contributed by atoms with Crippen LogP contribution in [0.15, 0.2) is 53.9 Å². The van der Waals surface area contributed by atoms with E-state index in [1.807, 2.05) is 23.6 Å². The van der Waals surface area contributed by atoms with Crippen molar-refractivity contribution in [1.29, 1.82) is 0 Å². The van der Waals surface area contributed by atoms with E-state index in [0.29, 0.717) is 11.6 Å². The maximum Gasteiger partial charge on any atom is 0.275 e. The largest absolute Gasteiger partial charge is 0.320 e. The van der Waals surface area contributed by atoms with Gasteiger partial charge < -0.3 is 10.2 Å². The van der Waals surface area contributed by atoms with Crippen LogP contribution in [0.3, 0.4) is 0 Å². The molecule has 1 aromatic heterocycles. The Kier molecular flexibility index (Phi) is 9.71. The number of rotatable bonds is 11. The van der Waals surface area contributed by atoms with E-state index in [2.05, 4.69) is 61.3 Å². The Morgan fingerprint density at radius 2 is 1.83 bits per heavy atom. The molecular formula is C31H41N3OS. The highest BCUT2D eigenvalue weighted by Crippen LogP contribution is 2.32. The number of likely N-dealkylation sites (tertiary alicyclic amines) is 1. The number of thiazole rings is 1. The van der Waals surface area contributed by atoms with E-state index in [4.69, 9.17) is 4.98 Å². The first-order valence-corrected chi connectivity index (χ1v) is 14.7. The predicted molar refractivity (Wildman–Crippen MR) is 153 cm³/mol. The van der Waals surface area contributed by atoms with Crippen molar-refractivity contribution in [3.8, 4) is 11.1 Å². The molecule has 1 saturated heterocycles. The topological polar surface area (TPSA) is 45.2 Å². The number of amides is 1. The second-order valence-corrected chi connectivity index (χ2v) is 11.0. The molecule has 3 aromatic rings. The zero-order valence-corrected chi connectivity index (χ0v) is 22.9. The number of carbonyl (C=O) groups is 1. The highest BCUT2D eigenvalue weighted by molar-refractivity contribution is 7.10. The van der Waals surface area contributed by atoms with Crippen LogP contribution in [0, 0.1) is 5.92 Å². The van der Waals surface area contributed by atoms with Gasteiger partial charge in [-0.25, -0.2) is 4.98 Å². The van der Waals surface area contributed by atoms with E-state index in [1.165, 1.54) is 37.8 Å². The van der Waals surface area contributed by atoms with E-state index in [9.17, 15) is 4.79 Å². The third kappa shape index (κ3) is 6.83. The fraction of sp³-hybridized carbons (Fsp3) is 0.484. The molecule has 2 aromatic carbocycles. The van der Waals surface area contributed by atoms with Crippen LogP contribution >= 0.6 is 11.3 Å². The summed E-state index contributed by atoms with van der Waals surface area (Å²) in [6.45, 7) is 10.3. The first kappa shape index (κ1) is 26.6. The highest BCUT2D eigenvalue weighted by atomic mass is 32.1. The van der Waals surface area contributed by atoms with Gasteiger partial charge in [-0.3, -0.25) is 4.79 Å². The van der Waals surface area contributed by atoms with Gasteiger partial charge in [0.1, 0.15) is 5.69 Å². The molecular weight excluding hydrogens is 462 g/mol. The zero-order chi connectivity index (χ0) is 25.3. The number of nitrogens with zero attached hydrogens (tertiary/aromatic N) is 2. The van der Waals surface area contributed by atoms with Gasteiger partial charge in [-0.1, -0.05) is 82.5 Å². The molecule has 192 valence electrons. The summed E-state index contributed by atoms with van der Waals surface area (Å²) in [5, 5.41) is 6.16. The molecule has 1 fully saturated rings. The predicted octanol–water partition coefficient (Wildman–Crippen LogP) is 8.02. The van der Waals surface area contributed by atoms with Crippen molar-refractivity contribution >= 4 is 22.9 Å². The summed E-state index contributed by atoms with van der Waals surface area (Å²) >= 11 is 1.64. The second-order valence-electron chi connectivity index (χ2n) is 10.1. The van der Waals surface area contributed by atoms with Crippen LogP contribution in [0.5, 0.6) is 0 Å². The SMILES string of the molecule is CCCCC(CC)CN1CCC(c2nc(C(=O)Nc3ccccc3-c3ccc(CC)cc3)cs2)CC1. The molecule has 4 nitrogen and oxygen atoms in total. The van der Waals surface area contributed by atoms with E-state index in [0.717, 1.165) is 60.1 Å². The number of benzene rings is 2. The van der Waals surface area contributed by atoms with Gasteiger partial charge in [-0.2, -0.15) is 0 Å². The summed E-state index contributed by atoms with van der Waals surface area (Å²) in [6.07, 6.45) is 8.54. The number of unbranched alkanes of at least 4 members (excludes halogenated alkanes) is 1. The molecule has 1 aliphatic heterocycles. The monoisotopic (exact) mass is 503 g/mol. The fourth-order valence-electron chi connectivity index (χ4n) is 5.17. The normalized spacial score (nSPS) is 15.6. The van der Waals surface area contributed by atoms with Crippen LogP contribution in [0.25, 0.3) is 11.1 Å². The lowest BCUT2D eigenvalue weighted by Crippen LogP contribution is -2.36. The number of carbonyl (C=O) groups excluding carboxylic acids is 1. The Bertz CT molecular complexity index is 1100. The average Bonchev–Trinajstić information content (AvgIpc) is 3.42. The molecule has 2 heterocycles. The van der Waals surface area contributed by atoms with Gasteiger partial charge in [0.2, 0.25) is 0 Å². The van der Waals surface area contributed by atoms with Crippen molar-refractivity contribution < 1.29 is 4.79 Å². The van der Waals surface area contributed by atoms with Crippen molar-refractivity contribution in [3.05, 3.63) is 70.2 Å². The smallest absolute Gasteiger partial charge is 0.275 e. The van der Waals surface area contributed by atoms with Crippen molar-refractivity contribution in [2.75, 3.05) is 25.0 Å². The number of hydrogen-bond acceptors (Lipinski definition) is 4. The van der Waals surface area contributed by atoms with Gasteiger partial charge in [-0.05, 0) is 61.9 Å². The van der Waals surface area contributed by atoms with Crippen molar-refractivity contribution in [1.82, 2.24) is 9.88 Å². The highest BCUT2D eigenvalue weighted by Gasteiger charge is 2.25. The van der Waals surface area contributed by atoms with Gasteiger partial charge >= 0.3 is 0 Å². The van der Waals surface area contributed by atoms with Crippen LogP contribution in [0.2, 0.25) is 0 Å². The van der Waals surface area contributed by atoms with Crippen LogP contribution in [0.1, 0.15) is 86.3 Å². The number of hydrogen-bond donors (Lipinski definition) is 1. The number of aryl methyl sites for hydroxylation is 1. The van der Waals surface area contributed by atoms with Crippen molar-refractivity contribution in [3.63, 3.8) is 0 Å². The average molecular weight is 504 g/mol. The summed E-state index contributed by atoms with van der Waals surface area (Å²) in [5.41, 5.74) is 4.79. The molecule has 4 rings (SSSR count). The quantitative estimate of drug-likeness (QED) is 0.288. The number of nitrogens with one attached hydrogen (secondary N) is 1. The van der Waals surface area contributed by atoms with Gasteiger partial charge in [0.05, 0.1) is 5.01 Å². The van der Waals surface area contributed by atoms with Crippen LogP contribution < -0.4 is 5.32 Å². The third-order valence-corrected chi connectivity index (χ3v) is 8.61. The Labute approximate surface area is 221 Å². The number of aromatic nitrogens is 1.